The minimum absolute atomic E-state index is 0.0793. The molecule has 116 valence electrons. The average Bonchev–Trinajstić information content (AvgIpc) is 3.34. The van der Waals surface area contributed by atoms with Gasteiger partial charge in [0.2, 0.25) is 0 Å². The van der Waals surface area contributed by atoms with Crippen molar-refractivity contribution in [3.05, 3.63) is 58.6 Å². The Bertz CT molecular complexity index is 691. The summed E-state index contributed by atoms with van der Waals surface area (Å²) >= 11 is 0. The van der Waals surface area contributed by atoms with Crippen LogP contribution in [0.3, 0.4) is 0 Å². The van der Waals surface area contributed by atoms with Crippen molar-refractivity contribution in [2.75, 3.05) is 11.9 Å². The van der Waals surface area contributed by atoms with E-state index in [0.717, 1.165) is 18.4 Å². The van der Waals surface area contributed by atoms with Crippen molar-refractivity contribution in [3.8, 4) is 0 Å². The lowest BCUT2D eigenvalue weighted by Crippen LogP contribution is -2.28. The molecule has 22 heavy (non-hydrogen) atoms. The fourth-order valence-corrected chi connectivity index (χ4v) is 2.55. The van der Waals surface area contributed by atoms with E-state index in [2.05, 4.69) is 10.3 Å². The van der Waals surface area contributed by atoms with E-state index in [1.54, 1.807) is 23.9 Å². The Morgan fingerprint density at radius 1 is 1.36 bits per heavy atom. The maximum Gasteiger partial charge on any atom is 0.293 e. The van der Waals surface area contributed by atoms with Gasteiger partial charge in [-0.15, -0.1) is 0 Å². The molecule has 5 nitrogen and oxygen atoms in total. The summed E-state index contributed by atoms with van der Waals surface area (Å²) in [4.78, 5) is 16.4. The summed E-state index contributed by atoms with van der Waals surface area (Å²) in [5, 5.41) is 13.6. The average molecular weight is 299 g/mol. The van der Waals surface area contributed by atoms with E-state index in [9.17, 15) is 9.90 Å². The number of hydrogen-bond donors (Lipinski definition) is 2. The molecule has 0 spiro atoms. The maximum absolute atomic E-state index is 12.3. The normalized spacial score (nSPS) is 17.0. The summed E-state index contributed by atoms with van der Waals surface area (Å²) in [7, 11) is 0. The van der Waals surface area contributed by atoms with E-state index in [0.29, 0.717) is 24.8 Å². The van der Waals surface area contributed by atoms with Crippen molar-refractivity contribution in [1.82, 2.24) is 9.55 Å². The number of aliphatic hydroxyl groups is 1. The third-order valence-corrected chi connectivity index (χ3v) is 4.11. The van der Waals surface area contributed by atoms with Crippen LogP contribution in [0.5, 0.6) is 0 Å². The zero-order valence-electron chi connectivity index (χ0n) is 12.7. The molecule has 2 N–H and O–H groups in total. The summed E-state index contributed by atoms with van der Waals surface area (Å²) in [6.45, 7) is 2.27. The number of nitrogens with zero attached hydrogens (tertiary/aromatic N) is 2. The Morgan fingerprint density at radius 3 is 2.77 bits per heavy atom. The number of rotatable bonds is 6. The van der Waals surface area contributed by atoms with Gasteiger partial charge < -0.3 is 15.0 Å². The molecular formula is C17H21N3O2. The van der Waals surface area contributed by atoms with Crippen LogP contribution in [-0.4, -0.2) is 21.2 Å². The van der Waals surface area contributed by atoms with E-state index < -0.39 is 5.60 Å². The summed E-state index contributed by atoms with van der Waals surface area (Å²) < 4.78 is 1.74. The third kappa shape index (κ3) is 3.20. The van der Waals surface area contributed by atoms with Crippen LogP contribution >= 0.6 is 0 Å². The Kier molecular flexibility index (Phi) is 3.98. The molecule has 1 heterocycles. The predicted molar refractivity (Wildman–Crippen MR) is 85.9 cm³/mol. The van der Waals surface area contributed by atoms with Gasteiger partial charge in [0.25, 0.3) is 5.56 Å². The van der Waals surface area contributed by atoms with E-state index in [1.807, 2.05) is 30.3 Å². The van der Waals surface area contributed by atoms with Gasteiger partial charge >= 0.3 is 0 Å². The highest BCUT2D eigenvalue weighted by molar-refractivity contribution is 5.31. The largest absolute Gasteiger partial charge is 0.385 e. The Labute approximate surface area is 129 Å². The summed E-state index contributed by atoms with van der Waals surface area (Å²) in [6.07, 6.45) is 6.01. The topological polar surface area (TPSA) is 67.2 Å². The highest BCUT2D eigenvalue weighted by atomic mass is 16.3. The third-order valence-electron chi connectivity index (χ3n) is 4.11. The molecule has 5 heteroatoms. The van der Waals surface area contributed by atoms with Crippen molar-refractivity contribution < 1.29 is 5.11 Å². The van der Waals surface area contributed by atoms with Gasteiger partial charge in [-0.3, -0.25) is 4.79 Å². The molecule has 0 amide bonds. The first-order valence-electron chi connectivity index (χ1n) is 7.67. The summed E-state index contributed by atoms with van der Waals surface area (Å²) in [5.74, 6) is 0.360. The molecule has 3 rings (SSSR count). The zero-order valence-corrected chi connectivity index (χ0v) is 12.7. The number of aromatic nitrogens is 2. The van der Waals surface area contributed by atoms with Crippen molar-refractivity contribution in [2.45, 2.75) is 37.8 Å². The predicted octanol–water partition coefficient (Wildman–Crippen LogP) is 2.29. The van der Waals surface area contributed by atoms with Gasteiger partial charge in [0.15, 0.2) is 5.82 Å². The number of benzene rings is 1. The Balaban J connectivity index is 1.64. The molecular weight excluding hydrogens is 278 g/mol. The molecule has 1 saturated carbocycles. The smallest absolute Gasteiger partial charge is 0.293 e. The lowest BCUT2D eigenvalue weighted by atomic mass is 9.93. The molecule has 1 fully saturated rings. The highest BCUT2D eigenvalue weighted by Gasteiger charge is 2.26. The fraction of sp³-hybridized carbons (Fsp3) is 0.412. The molecule has 1 atom stereocenters. The molecule has 2 aromatic rings. The second-order valence-electron chi connectivity index (χ2n) is 6.04. The van der Waals surface area contributed by atoms with Crippen LogP contribution in [0.4, 0.5) is 5.82 Å². The van der Waals surface area contributed by atoms with Gasteiger partial charge in [-0.25, -0.2) is 4.98 Å². The van der Waals surface area contributed by atoms with Gasteiger partial charge in [-0.2, -0.15) is 0 Å². The minimum Gasteiger partial charge on any atom is -0.385 e. The first-order chi connectivity index (χ1) is 10.6. The maximum atomic E-state index is 12.3. The molecule has 0 saturated heterocycles. The van der Waals surface area contributed by atoms with Crippen molar-refractivity contribution in [1.29, 1.82) is 0 Å². The van der Waals surface area contributed by atoms with Crippen molar-refractivity contribution in [3.63, 3.8) is 0 Å². The molecule has 0 bridgehead atoms. The summed E-state index contributed by atoms with van der Waals surface area (Å²) in [5.41, 5.74) is -0.143. The molecule has 0 aliphatic heterocycles. The standard InChI is InChI=1S/C17H21N3O2/c1-17(22,13-5-3-2-4-6-13)9-10-18-15-16(21)20(12-11-19-15)14-7-8-14/h2-6,11-12,14,22H,7-10H2,1H3,(H,18,19). The minimum atomic E-state index is -0.932. The van der Waals surface area contributed by atoms with Crippen LogP contribution in [0.1, 0.15) is 37.8 Å². The van der Waals surface area contributed by atoms with Crippen LogP contribution in [-0.2, 0) is 5.60 Å². The van der Waals surface area contributed by atoms with Gasteiger partial charge in [0, 0.05) is 25.0 Å². The van der Waals surface area contributed by atoms with E-state index in [-0.39, 0.29) is 5.56 Å². The molecule has 1 aliphatic rings. The number of anilines is 1. The van der Waals surface area contributed by atoms with E-state index in [4.69, 9.17) is 0 Å². The molecule has 1 aromatic heterocycles. The van der Waals surface area contributed by atoms with Crippen LogP contribution in [0.15, 0.2) is 47.5 Å². The zero-order chi connectivity index (χ0) is 15.6. The first-order valence-corrected chi connectivity index (χ1v) is 7.67. The Morgan fingerprint density at radius 2 is 2.09 bits per heavy atom. The fourth-order valence-electron chi connectivity index (χ4n) is 2.55. The van der Waals surface area contributed by atoms with Crippen LogP contribution in [0.25, 0.3) is 0 Å². The molecule has 1 unspecified atom stereocenters. The second-order valence-corrected chi connectivity index (χ2v) is 6.04. The SMILES string of the molecule is CC(O)(CCNc1nccn(C2CC2)c1=O)c1ccccc1. The molecule has 1 aliphatic carbocycles. The Hall–Kier alpha value is -2.14. The van der Waals surface area contributed by atoms with Gasteiger partial charge in [-0.05, 0) is 31.7 Å². The van der Waals surface area contributed by atoms with Gasteiger partial charge in [-0.1, -0.05) is 30.3 Å². The van der Waals surface area contributed by atoms with Gasteiger partial charge in [0.05, 0.1) is 5.60 Å². The molecule has 1 aromatic carbocycles. The van der Waals surface area contributed by atoms with Crippen LogP contribution in [0.2, 0.25) is 0 Å². The van der Waals surface area contributed by atoms with Crippen LogP contribution < -0.4 is 10.9 Å². The highest BCUT2D eigenvalue weighted by Crippen LogP contribution is 2.33. The second kappa shape index (κ2) is 5.93. The first kappa shape index (κ1) is 14.8. The lowest BCUT2D eigenvalue weighted by Gasteiger charge is -2.24. The van der Waals surface area contributed by atoms with Crippen molar-refractivity contribution in [2.24, 2.45) is 0 Å². The van der Waals surface area contributed by atoms with Gasteiger partial charge in [0.1, 0.15) is 0 Å². The van der Waals surface area contributed by atoms with Crippen LogP contribution in [0, 0.1) is 0 Å². The number of nitrogens with one attached hydrogen (secondary N) is 1. The van der Waals surface area contributed by atoms with Crippen molar-refractivity contribution >= 4 is 5.82 Å². The quantitative estimate of drug-likeness (QED) is 0.859. The monoisotopic (exact) mass is 299 g/mol. The summed E-state index contributed by atoms with van der Waals surface area (Å²) in [6, 6.07) is 9.88. The van der Waals surface area contributed by atoms with E-state index >= 15 is 0 Å². The number of hydrogen-bond acceptors (Lipinski definition) is 4. The molecule has 0 radical (unpaired) electrons. The lowest BCUT2D eigenvalue weighted by molar-refractivity contribution is 0.0515. The van der Waals surface area contributed by atoms with E-state index in [1.165, 1.54) is 0 Å².